The molecular weight excluding hydrogens is 200 g/mol. The van der Waals surface area contributed by atoms with E-state index in [0.29, 0.717) is 5.41 Å². The highest BCUT2D eigenvalue weighted by Crippen LogP contribution is 2.60. The molecule has 3 nitrogen and oxygen atoms in total. The lowest BCUT2D eigenvalue weighted by Gasteiger charge is -2.26. The first-order valence-electron chi connectivity index (χ1n) is 6.53. The highest BCUT2D eigenvalue weighted by molar-refractivity contribution is 5.85. The molecule has 0 saturated heterocycles. The van der Waals surface area contributed by atoms with Crippen LogP contribution in [0.5, 0.6) is 0 Å². The topological polar surface area (TPSA) is 41.1 Å². The van der Waals surface area contributed by atoms with Crippen LogP contribution in [0.25, 0.3) is 0 Å². The van der Waals surface area contributed by atoms with Gasteiger partial charge in [-0.1, -0.05) is 6.92 Å². The van der Waals surface area contributed by atoms with E-state index in [0.717, 1.165) is 19.0 Å². The van der Waals surface area contributed by atoms with Gasteiger partial charge in [0.05, 0.1) is 5.54 Å². The van der Waals surface area contributed by atoms with E-state index >= 15 is 0 Å². The lowest BCUT2D eigenvalue weighted by molar-refractivity contribution is -0.126. The lowest BCUT2D eigenvalue weighted by Crippen LogP contribution is -2.53. The van der Waals surface area contributed by atoms with Crippen LogP contribution in [-0.2, 0) is 4.79 Å². The molecule has 0 heterocycles. The third kappa shape index (κ3) is 2.40. The van der Waals surface area contributed by atoms with Gasteiger partial charge in [-0.05, 0) is 57.4 Å². The number of likely N-dealkylation sites (N-methyl/N-ethyl adjacent to an activating group) is 1. The molecule has 0 spiro atoms. The van der Waals surface area contributed by atoms with E-state index in [-0.39, 0.29) is 5.91 Å². The standard InChI is InChI=1S/C13H24N2O/c1-4-15-12(2,3)11(16)14-9-13(7-8-13)10-5-6-10/h10,15H,4-9H2,1-3H3,(H,14,16). The van der Waals surface area contributed by atoms with Crippen molar-refractivity contribution in [1.82, 2.24) is 10.6 Å². The van der Waals surface area contributed by atoms with Crippen LogP contribution in [0.3, 0.4) is 0 Å². The van der Waals surface area contributed by atoms with E-state index < -0.39 is 5.54 Å². The summed E-state index contributed by atoms with van der Waals surface area (Å²) >= 11 is 0. The van der Waals surface area contributed by atoms with Gasteiger partial charge in [0.25, 0.3) is 0 Å². The highest BCUT2D eigenvalue weighted by atomic mass is 16.2. The molecule has 2 fully saturated rings. The second-order valence-electron chi connectivity index (χ2n) is 5.97. The number of carbonyl (C=O) groups is 1. The Labute approximate surface area is 98.4 Å². The number of carbonyl (C=O) groups excluding carboxylic acids is 1. The molecular formula is C13H24N2O. The van der Waals surface area contributed by atoms with Crippen LogP contribution < -0.4 is 10.6 Å². The van der Waals surface area contributed by atoms with Crippen molar-refractivity contribution < 1.29 is 4.79 Å². The van der Waals surface area contributed by atoms with Gasteiger partial charge in [-0.3, -0.25) is 4.79 Å². The Balaban J connectivity index is 1.79. The van der Waals surface area contributed by atoms with Crippen molar-refractivity contribution in [2.45, 2.75) is 52.0 Å². The maximum absolute atomic E-state index is 12.0. The van der Waals surface area contributed by atoms with Crippen molar-refractivity contribution in [3.05, 3.63) is 0 Å². The third-order valence-electron chi connectivity index (χ3n) is 4.12. The Kier molecular flexibility index (Phi) is 2.99. The molecule has 2 saturated carbocycles. The van der Waals surface area contributed by atoms with Crippen molar-refractivity contribution in [3.63, 3.8) is 0 Å². The summed E-state index contributed by atoms with van der Waals surface area (Å²) in [6.07, 6.45) is 5.40. The predicted octanol–water partition coefficient (Wildman–Crippen LogP) is 1.68. The Morgan fingerprint density at radius 2 is 2.00 bits per heavy atom. The van der Waals surface area contributed by atoms with Crippen LogP contribution in [0.1, 0.15) is 46.5 Å². The Hall–Kier alpha value is -0.570. The number of hydrogen-bond acceptors (Lipinski definition) is 2. The van der Waals surface area contributed by atoms with Crippen molar-refractivity contribution in [2.24, 2.45) is 11.3 Å². The van der Waals surface area contributed by atoms with E-state index in [1.54, 1.807) is 0 Å². The molecule has 0 aromatic heterocycles. The molecule has 0 aromatic carbocycles. The minimum Gasteiger partial charge on any atom is -0.354 e. The second kappa shape index (κ2) is 4.02. The fourth-order valence-corrected chi connectivity index (χ4v) is 2.59. The van der Waals surface area contributed by atoms with Gasteiger partial charge in [0.1, 0.15) is 0 Å². The molecule has 2 aliphatic carbocycles. The van der Waals surface area contributed by atoms with Gasteiger partial charge in [-0.2, -0.15) is 0 Å². The normalized spacial score (nSPS) is 22.9. The molecule has 0 bridgehead atoms. The summed E-state index contributed by atoms with van der Waals surface area (Å²) in [6, 6.07) is 0. The van der Waals surface area contributed by atoms with Gasteiger partial charge in [0, 0.05) is 6.54 Å². The minimum absolute atomic E-state index is 0.140. The maximum atomic E-state index is 12.0. The first-order valence-corrected chi connectivity index (χ1v) is 6.53. The maximum Gasteiger partial charge on any atom is 0.239 e. The van der Waals surface area contributed by atoms with Gasteiger partial charge >= 0.3 is 0 Å². The van der Waals surface area contributed by atoms with Gasteiger partial charge in [-0.15, -0.1) is 0 Å². The molecule has 92 valence electrons. The zero-order valence-corrected chi connectivity index (χ0v) is 10.7. The van der Waals surface area contributed by atoms with E-state index in [1.165, 1.54) is 25.7 Å². The summed E-state index contributed by atoms with van der Waals surface area (Å²) in [5, 5.41) is 6.34. The van der Waals surface area contributed by atoms with Crippen LogP contribution in [0.2, 0.25) is 0 Å². The predicted molar refractivity (Wildman–Crippen MR) is 65.2 cm³/mol. The summed E-state index contributed by atoms with van der Waals surface area (Å²) in [4.78, 5) is 12.0. The molecule has 0 aromatic rings. The lowest BCUT2D eigenvalue weighted by atomic mass is 9.99. The van der Waals surface area contributed by atoms with Crippen molar-refractivity contribution in [1.29, 1.82) is 0 Å². The summed E-state index contributed by atoms with van der Waals surface area (Å²) in [5.41, 5.74) is 0.0618. The van der Waals surface area contributed by atoms with Crippen LogP contribution in [0.15, 0.2) is 0 Å². The fraction of sp³-hybridized carbons (Fsp3) is 0.923. The average Bonchev–Trinajstić information content (AvgIpc) is 3.05. The number of amides is 1. The zero-order valence-electron chi connectivity index (χ0n) is 10.7. The van der Waals surface area contributed by atoms with E-state index in [4.69, 9.17) is 0 Å². The Bertz CT molecular complexity index is 278. The van der Waals surface area contributed by atoms with E-state index in [1.807, 2.05) is 20.8 Å². The first kappa shape index (κ1) is 11.9. The minimum atomic E-state index is -0.436. The molecule has 2 N–H and O–H groups in total. The zero-order chi connectivity index (χ0) is 11.8. The second-order valence-corrected chi connectivity index (χ2v) is 5.97. The summed E-state index contributed by atoms with van der Waals surface area (Å²) in [7, 11) is 0. The summed E-state index contributed by atoms with van der Waals surface area (Å²) in [5.74, 6) is 1.05. The first-order chi connectivity index (χ1) is 7.50. The molecule has 16 heavy (non-hydrogen) atoms. The molecule has 0 radical (unpaired) electrons. The van der Waals surface area contributed by atoms with Crippen molar-refractivity contribution in [2.75, 3.05) is 13.1 Å². The SMILES string of the molecule is CCNC(C)(C)C(=O)NCC1(C2CC2)CC1. The van der Waals surface area contributed by atoms with Crippen LogP contribution in [0.4, 0.5) is 0 Å². The largest absolute Gasteiger partial charge is 0.354 e. The number of hydrogen-bond donors (Lipinski definition) is 2. The molecule has 2 rings (SSSR count). The number of rotatable bonds is 6. The smallest absolute Gasteiger partial charge is 0.239 e. The molecule has 0 aliphatic heterocycles. The van der Waals surface area contributed by atoms with E-state index in [2.05, 4.69) is 10.6 Å². The summed E-state index contributed by atoms with van der Waals surface area (Å²) in [6.45, 7) is 7.65. The van der Waals surface area contributed by atoms with Crippen LogP contribution in [-0.4, -0.2) is 24.5 Å². The van der Waals surface area contributed by atoms with E-state index in [9.17, 15) is 4.79 Å². The molecule has 0 unspecified atom stereocenters. The Morgan fingerprint density at radius 1 is 1.38 bits per heavy atom. The van der Waals surface area contributed by atoms with Crippen molar-refractivity contribution >= 4 is 5.91 Å². The highest BCUT2D eigenvalue weighted by Gasteiger charge is 2.53. The van der Waals surface area contributed by atoms with Gasteiger partial charge < -0.3 is 10.6 Å². The third-order valence-corrected chi connectivity index (χ3v) is 4.12. The fourth-order valence-electron chi connectivity index (χ4n) is 2.59. The monoisotopic (exact) mass is 224 g/mol. The van der Waals surface area contributed by atoms with Gasteiger partial charge in [-0.25, -0.2) is 0 Å². The Morgan fingerprint density at radius 3 is 2.44 bits per heavy atom. The quantitative estimate of drug-likeness (QED) is 0.721. The van der Waals surface area contributed by atoms with Gasteiger partial charge in [0.15, 0.2) is 0 Å². The van der Waals surface area contributed by atoms with Crippen molar-refractivity contribution in [3.8, 4) is 0 Å². The average molecular weight is 224 g/mol. The molecule has 3 heteroatoms. The molecule has 2 aliphatic rings. The summed E-state index contributed by atoms with van der Waals surface area (Å²) < 4.78 is 0. The van der Waals surface area contributed by atoms with Crippen LogP contribution >= 0.6 is 0 Å². The molecule has 0 atom stereocenters. The number of nitrogens with one attached hydrogen (secondary N) is 2. The molecule has 1 amide bonds. The van der Waals surface area contributed by atoms with Crippen LogP contribution in [0, 0.1) is 11.3 Å². The van der Waals surface area contributed by atoms with Gasteiger partial charge in [0.2, 0.25) is 5.91 Å².